The van der Waals surface area contributed by atoms with Crippen LogP contribution in [-0.2, 0) is 5.41 Å². The Balaban J connectivity index is 1.18. The Morgan fingerprint density at radius 2 is 0.891 bits per heavy atom. The summed E-state index contributed by atoms with van der Waals surface area (Å²) in [6.45, 7) is 0. The molecule has 1 spiro atoms. The Hall–Kier alpha value is -5.92. The Morgan fingerprint density at radius 1 is 0.326 bits per heavy atom. The minimum absolute atomic E-state index is 0.374. The molecule has 212 valence electrons. The van der Waals surface area contributed by atoms with Crippen molar-refractivity contribution in [3.63, 3.8) is 0 Å². The Morgan fingerprint density at radius 3 is 1.61 bits per heavy atom. The van der Waals surface area contributed by atoms with Crippen LogP contribution < -0.4 is 0 Å². The minimum Gasteiger partial charge on any atom is -0.456 e. The average Bonchev–Trinajstić information content (AvgIpc) is 3.73. The van der Waals surface area contributed by atoms with Gasteiger partial charge in [0.2, 0.25) is 0 Å². The molecule has 0 radical (unpaired) electrons. The SMILES string of the molecule is c1ccc2c(c1)-c1ccccc1C21c2ccccc2-c2cc3c(cc21)oc1cc(-c2cc4ccccc4c4ccccc24)ccc13. The Labute approximate surface area is 266 Å². The fourth-order valence-corrected chi connectivity index (χ4v) is 8.82. The zero-order valence-corrected chi connectivity index (χ0v) is 24.9. The summed E-state index contributed by atoms with van der Waals surface area (Å²) in [5.41, 5.74) is 14.5. The van der Waals surface area contributed by atoms with Gasteiger partial charge < -0.3 is 4.42 Å². The van der Waals surface area contributed by atoms with E-state index >= 15 is 0 Å². The first kappa shape index (κ1) is 24.4. The van der Waals surface area contributed by atoms with E-state index in [2.05, 4.69) is 158 Å². The molecule has 0 unspecified atom stereocenters. The molecular weight excluding hydrogens is 556 g/mol. The second kappa shape index (κ2) is 8.62. The van der Waals surface area contributed by atoms with Crippen LogP contribution in [0.2, 0.25) is 0 Å². The lowest BCUT2D eigenvalue weighted by molar-refractivity contribution is 0.666. The predicted octanol–water partition coefficient (Wildman–Crippen LogP) is 11.9. The maximum Gasteiger partial charge on any atom is 0.136 e. The molecule has 1 heterocycles. The summed E-state index contributed by atoms with van der Waals surface area (Å²) in [4.78, 5) is 0. The molecule has 0 saturated heterocycles. The van der Waals surface area contributed by atoms with Gasteiger partial charge in [0.1, 0.15) is 11.2 Å². The van der Waals surface area contributed by atoms with Gasteiger partial charge in [0, 0.05) is 10.8 Å². The van der Waals surface area contributed by atoms with Gasteiger partial charge in [-0.15, -0.1) is 0 Å². The molecule has 0 atom stereocenters. The molecule has 0 N–H and O–H groups in total. The molecule has 1 nitrogen and oxygen atoms in total. The third-order valence-electron chi connectivity index (χ3n) is 10.7. The van der Waals surface area contributed by atoms with E-state index in [0.29, 0.717) is 0 Å². The van der Waals surface area contributed by atoms with Crippen LogP contribution in [0.15, 0.2) is 162 Å². The van der Waals surface area contributed by atoms with Crippen molar-refractivity contribution in [1.82, 2.24) is 0 Å². The van der Waals surface area contributed by atoms with Crippen molar-refractivity contribution in [2.24, 2.45) is 0 Å². The van der Waals surface area contributed by atoms with Crippen LogP contribution in [0.3, 0.4) is 0 Å². The summed E-state index contributed by atoms with van der Waals surface area (Å²) in [5, 5.41) is 7.38. The second-order valence-electron chi connectivity index (χ2n) is 12.8. The van der Waals surface area contributed by atoms with Gasteiger partial charge in [0.05, 0.1) is 5.41 Å². The average molecular weight is 583 g/mol. The zero-order chi connectivity index (χ0) is 30.0. The highest BCUT2D eigenvalue weighted by molar-refractivity contribution is 6.15. The summed E-state index contributed by atoms with van der Waals surface area (Å²) in [6.07, 6.45) is 0. The van der Waals surface area contributed by atoms with Crippen molar-refractivity contribution < 1.29 is 4.42 Å². The van der Waals surface area contributed by atoms with Gasteiger partial charge in [-0.3, -0.25) is 0 Å². The number of rotatable bonds is 1. The van der Waals surface area contributed by atoms with E-state index in [9.17, 15) is 0 Å². The van der Waals surface area contributed by atoms with Crippen molar-refractivity contribution in [2.45, 2.75) is 5.41 Å². The van der Waals surface area contributed by atoms with Gasteiger partial charge in [-0.25, -0.2) is 0 Å². The predicted molar refractivity (Wildman–Crippen MR) is 190 cm³/mol. The topological polar surface area (TPSA) is 13.1 Å². The van der Waals surface area contributed by atoms with Crippen LogP contribution >= 0.6 is 0 Å². The van der Waals surface area contributed by atoms with Crippen molar-refractivity contribution in [1.29, 1.82) is 0 Å². The number of furan rings is 1. The molecule has 0 aliphatic heterocycles. The standard InChI is InChI=1S/C45H26O/c1-2-12-29-27(11-1)23-36(31-14-4-3-13-30(29)31)28-21-22-35-38-25-37-34-17-7-10-20-41(34)45(42(37)26-44(38)46-43(35)24-28)39-18-8-5-15-32(39)33-16-6-9-19-40(33)45/h1-26H. The van der Waals surface area contributed by atoms with E-state index in [4.69, 9.17) is 4.42 Å². The van der Waals surface area contributed by atoms with Crippen molar-refractivity contribution in [3.05, 3.63) is 180 Å². The van der Waals surface area contributed by atoms with Gasteiger partial charge in [0.25, 0.3) is 0 Å². The van der Waals surface area contributed by atoms with Crippen LogP contribution in [-0.4, -0.2) is 0 Å². The number of hydrogen-bond acceptors (Lipinski definition) is 1. The monoisotopic (exact) mass is 582 g/mol. The first-order valence-electron chi connectivity index (χ1n) is 16.0. The summed E-state index contributed by atoms with van der Waals surface area (Å²) in [5.74, 6) is 0. The van der Waals surface area contributed by atoms with E-state index in [0.717, 1.165) is 21.9 Å². The minimum atomic E-state index is -0.374. The molecule has 0 saturated carbocycles. The number of hydrogen-bond donors (Lipinski definition) is 0. The fraction of sp³-hybridized carbons (Fsp3) is 0.0222. The number of fused-ring (bicyclic) bond motifs is 16. The highest BCUT2D eigenvalue weighted by Gasteiger charge is 2.51. The van der Waals surface area contributed by atoms with E-state index in [-0.39, 0.29) is 5.41 Å². The van der Waals surface area contributed by atoms with Gasteiger partial charge in [-0.05, 0) is 108 Å². The van der Waals surface area contributed by atoms with Gasteiger partial charge >= 0.3 is 0 Å². The molecule has 0 amide bonds. The molecule has 2 aliphatic rings. The van der Waals surface area contributed by atoms with E-state index in [1.54, 1.807) is 0 Å². The van der Waals surface area contributed by atoms with Gasteiger partial charge in [-0.1, -0.05) is 127 Å². The molecule has 0 bridgehead atoms. The third kappa shape index (κ3) is 2.91. The summed E-state index contributed by atoms with van der Waals surface area (Å²) in [7, 11) is 0. The van der Waals surface area contributed by atoms with Crippen LogP contribution in [0, 0.1) is 0 Å². The smallest absolute Gasteiger partial charge is 0.136 e. The third-order valence-corrected chi connectivity index (χ3v) is 10.7. The first-order chi connectivity index (χ1) is 22.8. The molecule has 0 fully saturated rings. The van der Waals surface area contributed by atoms with Crippen molar-refractivity contribution in [3.8, 4) is 33.4 Å². The van der Waals surface area contributed by atoms with Crippen molar-refractivity contribution in [2.75, 3.05) is 0 Å². The zero-order valence-electron chi connectivity index (χ0n) is 24.9. The molecule has 11 rings (SSSR count). The lowest BCUT2D eigenvalue weighted by Crippen LogP contribution is -2.25. The molecule has 2 aliphatic carbocycles. The van der Waals surface area contributed by atoms with E-state index in [1.807, 2.05) is 0 Å². The largest absolute Gasteiger partial charge is 0.456 e. The second-order valence-corrected chi connectivity index (χ2v) is 12.8. The molecule has 1 aromatic heterocycles. The van der Waals surface area contributed by atoms with Gasteiger partial charge in [-0.2, -0.15) is 0 Å². The van der Waals surface area contributed by atoms with Crippen LogP contribution in [0.5, 0.6) is 0 Å². The maximum absolute atomic E-state index is 6.82. The summed E-state index contributed by atoms with van der Waals surface area (Å²) < 4.78 is 6.82. The molecule has 9 aromatic rings. The lowest BCUT2D eigenvalue weighted by Gasteiger charge is -2.30. The van der Waals surface area contributed by atoms with Crippen LogP contribution in [0.25, 0.3) is 76.9 Å². The first-order valence-corrected chi connectivity index (χ1v) is 16.0. The highest BCUT2D eigenvalue weighted by Crippen LogP contribution is 2.63. The normalized spacial score (nSPS) is 13.8. The molecular formula is C45H26O. The van der Waals surface area contributed by atoms with E-state index < -0.39 is 0 Å². The summed E-state index contributed by atoms with van der Waals surface area (Å²) in [6, 6.07) is 58.1. The summed E-state index contributed by atoms with van der Waals surface area (Å²) >= 11 is 0. The van der Waals surface area contributed by atoms with Crippen LogP contribution in [0.4, 0.5) is 0 Å². The van der Waals surface area contributed by atoms with Crippen molar-refractivity contribution >= 4 is 43.5 Å². The molecule has 46 heavy (non-hydrogen) atoms. The Bertz CT molecular complexity index is 2710. The lowest BCUT2D eigenvalue weighted by atomic mass is 9.70. The quantitative estimate of drug-likeness (QED) is 0.176. The molecule has 1 heteroatoms. The van der Waals surface area contributed by atoms with E-state index in [1.165, 1.54) is 77.2 Å². The Kier molecular flexibility index (Phi) is 4.57. The van der Waals surface area contributed by atoms with Crippen LogP contribution in [0.1, 0.15) is 22.3 Å². The molecule has 8 aromatic carbocycles. The van der Waals surface area contributed by atoms with Gasteiger partial charge in [0.15, 0.2) is 0 Å². The number of benzene rings is 8. The highest BCUT2D eigenvalue weighted by atomic mass is 16.3. The fourth-order valence-electron chi connectivity index (χ4n) is 8.82. The maximum atomic E-state index is 6.82.